The first-order valence-corrected chi connectivity index (χ1v) is 10.4. The second-order valence-corrected chi connectivity index (χ2v) is 8.38. The fraction of sp³-hybridized carbons (Fsp3) is 0.471. The number of benzene rings is 1. The van der Waals surface area contributed by atoms with E-state index in [2.05, 4.69) is 5.10 Å². The lowest BCUT2D eigenvalue weighted by molar-refractivity contribution is -0.0673. The number of likely N-dealkylation sites (N-methyl/N-ethyl adjacent to an activating group) is 1. The predicted molar refractivity (Wildman–Crippen MR) is 94.4 cm³/mol. The van der Waals surface area contributed by atoms with E-state index in [0.717, 1.165) is 5.56 Å². The summed E-state index contributed by atoms with van der Waals surface area (Å²) < 4.78 is 102. The number of ether oxygens (including phenoxy) is 1. The molecule has 0 aliphatic carbocycles. The maximum Gasteiger partial charge on any atom is 0.246 e. The number of rotatable bonds is 6. The van der Waals surface area contributed by atoms with E-state index < -0.39 is 62.7 Å². The summed E-state index contributed by atoms with van der Waals surface area (Å²) >= 11 is 0. The minimum Gasteiger partial charge on any atom is -0.374 e. The Morgan fingerprint density at radius 3 is 2.27 bits per heavy atom. The molecular formula is C17H19F5N4O3S. The van der Waals surface area contributed by atoms with Gasteiger partial charge in [0.05, 0.1) is 24.9 Å². The molecule has 7 nitrogen and oxygen atoms in total. The van der Waals surface area contributed by atoms with Crippen molar-refractivity contribution in [2.45, 2.75) is 24.0 Å². The van der Waals surface area contributed by atoms with Crippen LogP contribution in [-0.4, -0.2) is 55.4 Å². The fourth-order valence-electron chi connectivity index (χ4n) is 3.42. The van der Waals surface area contributed by atoms with Gasteiger partial charge in [0.2, 0.25) is 15.8 Å². The highest BCUT2D eigenvalue weighted by Crippen LogP contribution is 2.30. The van der Waals surface area contributed by atoms with Crippen LogP contribution in [0.3, 0.4) is 0 Å². The maximum atomic E-state index is 13.9. The quantitative estimate of drug-likeness (QED) is 0.410. The van der Waals surface area contributed by atoms with Gasteiger partial charge in [-0.25, -0.2) is 35.1 Å². The first-order valence-electron chi connectivity index (χ1n) is 8.93. The van der Waals surface area contributed by atoms with Crippen molar-refractivity contribution in [2.75, 3.05) is 26.2 Å². The van der Waals surface area contributed by atoms with Crippen molar-refractivity contribution in [3.05, 3.63) is 47.0 Å². The van der Waals surface area contributed by atoms with E-state index in [9.17, 15) is 30.4 Å². The van der Waals surface area contributed by atoms with Crippen LogP contribution in [0.2, 0.25) is 0 Å². The van der Waals surface area contributed by atoms with E-state index in [1.165, 1.54) is 0 Å². The minimum absolute atomic E-state index is 0.263. The Labute approximate surface area is 169 Å². The van der Waals surface area contributed by atoms with Gasteiger partial charge in [0, 0.05) is 31.9 Å². The molecule has 0 saturated carbocycles. The van der Waals surface area contributed by atoms with Gasteiger partial charge in [-0.05, 0) is 6.54 Å². The monoisotopic (exact) mass is 454 g/mol. The summed E-state index contributed by atoms with van der Waals surface area (Å²) in [5, 5.41) is 4.08. The van der Waals surface area contributed by atoms with E-state index >= 15 is 0 Å². The van der Waals surface area contributed by atoms with Crippen LogP contribution in [0.15, 0.2) is 17.3 Å². The van der Waals surface area contributed by atoms with Gasteiger partial charge in [0.25, 0.3) is 0 Å². The highest BCUT2D eigenvalue weighted by Gasteiger charge is 2.37. The molecule has 0 radical (unpaired) electrons. The molecule has 0 unspecified atom stereocenters. The van der Waals surface area contributed by atoms with Crippen molar-refractivity contribution < 1.29 is 35.1 Å². The third kappa shape index (κ3) is 4.06. The molecule has 1 aliphatic rings. The van der Waals surface area contributed by atoms with Crippen LogP contribution < -0.4 is 4.72 Å². The molecule has 2 aromatic rings. The van der Waals surface area contributed by atoms with Crippen molar-refractivity contribution in [1.82, 2.24) is 19.4 Å². The molecule has 13 heteroatoms. The molecule has 30 heavy (non-hydrogen) atoms. The second-order valence-electron chi connectivity index (χ2n) is 6.68. The van der Waals surface area contributed by atoms with Crippen LogP contribution >= 0.6 is 0 Å². The number of aromatic nitrogens is 2. The molecule has 1 aromatic heterocycles. The molecule has 3 rings (SSSR count). The number of halogens is 5. The van der Waals surface area contributed by atoms with Crippen LogP contribution in [0.25, 0.3) is 0 Å². The summed E-state index contributed by atoms with van der Waals surface area (Å²) in [5.74, 6) is -12.0. The van der Waals surface area contributed by atoms with Crippen molar-refractivity contribution >= 4 is 10.0 Å². The van der Waals surface area contributed by atoms with Crippen LogP contribution in [-0.2, 0) is 21.8 Å². The van der Waals surface area contributed by atoms with Gasteiger partial charge in [-0.15, -0.1) is 0 Å². The summed E-state index contributed by atoms with van der Waals surface area (Å²) in [4.78, 5) is 0.0673. The van der Waals surface area contributed by atoms with Gasteiger partial charge in [0.1, 0.15) is 0 Å². The fourth-order valence-corrected chi connectivity index (χ4v) is 4.59. The lowest BCUT2D eigenvalue weighted by atomic mass is 10.0. The molecule has 0 spiro atoms. The molecule has 1 aliphatic heterocycles. The molecule has 166 valence electrons. The topological polar surface area (TPSA) is 76.5 Å². The van der Waals surface area contributed by atoms with E-state index in [-0.39, 0.29) is 6.61 Å². The molecule has 2 atom stereocenters. The SMILES string of the molecule is CCN1CCO[C@@H](CNS(=O)(=O)c2c(F)c(F)c(F)c(F)c2F)[C@@H]1c1cnn(C)c1. The Kier molecular flexibility index (Phi) is 6.45. The maximum absolute atomic E-state index is 13.9. The van der Waals surface area contributed by atoms with Crippen LogP contribution in [0.4, 0.5) is 22.0 Å². The number of sulfonamides is 1. The third-order valence-corrected chi connectivity index (χ3v) is 6.28. The standard InChI is InChI=1S/C17H19F5N4O3S/c1-3-26-4-5-29-10(16(26)9-6-23-25(2)8-9)7-24-30(27,28)17-14(21)12(19)11(18)13(20)15(17)22/h6,8,10,16,24H,3-5,7H2,1-2H3/t10-,16-/m0/s1. The first kappa shape index (κ1) is 22.6. The highest BCUT2D eigenvalue weighted by molar-refractivity contribution is 7.89. The van der Waals surface area contributed by atoms with Crippen LogP contribution in [0.5, 0.6) is 0 Å². The van der Waals surface area contributed by atoms with Crippen molar-refractivity contribution in [1.29, 1.82) is 0 Å². The average molecular weight is 454 g/mol. The van der Waals surface area contributed by atoms with Gasteiger partial charge in [-0.1, -0.05) is 6.92 Å². The van der Waals surface area contributed by atoms with Crippen molar-refractivity contribution in [2.24, 2.45) is 7.05 Å². The molecule has 0 amide bonds. The van der Waals surface area contributed by atoms with E-state index in [4.69, 9.17) is 4.74 Å². The Hall–Kier alpha value is -2.09. The number of morpholine rings is 1. The van der Waals surface area contributed by atoms with Crippen LogP contribution in [0, 0.1) is 29.1 Å². The zero-order chi connectivity index (χ0) is 22.2. The summed E-state index contributed by atoms with van der Waals surface area (Å²) in [6.07, 6.45) is 2.50. The highest BCUT2D eigenvalue weighted by atomic mass is 32.2. The normalized spacial score (nSPS) is 20.6. The van der Waals surface area contributed by atoms with Gasteiger partial charge in [-0.2, -0.15) is 5.10 Å². The number of nitrogens with one attached hydrogen (secondary N) is 1. The van der Waals surface area contributed by atoms with Crippen LogP contribution in [0.1, 0.15) is 18.5 Å². The Balaban J connectivity index is 1.89. The lowest BCUT2D eigenvalue weighted by Crippen LogP contribution is -2.49. The van der Waals surface area contributed by atoms with Gasteiger partial charge in [-0.3, -0.25) is 9.58 Å². The Morgan fingerprint density at radius 2 is 1.73 bits per heavy atom. The van der Waals surface area contributed by atoms with E-state index in [0.29, 0.717) is 13.1 Å². The van der Waals surface area contributed by atoms with Gasteiger partial charge in [0.15, 0.2) is 28.2 Å². The smallest absolute Gasteiger partial charge is 0.246 e. The first-order chi connectivity index (χ1) is 14.1. The second kappa shape index (κ2) is 8.57. The molecule has 1 fully saturated rings. The number of hydrogen-bond acceptors (Lipinski definition) is 5. The Bertz CT molecular complexity index is 1020. The molecule has 0 bridgehead atoms. The summed E-state index contributed by atoms with van der Waals surface area (Å²) in [7, 11) is -3.37. The third-order valence-electron chi connectivity index (χ3n) is 4.84. The van der Waals surface area contributed by atoms with E-state index in [1.807, 2.05) is 16.5 Å². The summed E-state index contributed by atoms with van der Waals surface area (Å²) in [6, 6.07) is -0.434. The molecular weight excluding hydrogens is 435 g/mol. The van der Waals surface area contributed by atoms with Crippen molar-refractivity contribution in [3.8, 4) is 0 Å². The number of aryl methyl sites for hydroxylation is 1. The Morgan fingerprint density at radius 1 is 1.13 bits per heavy atom. The zero-order valence-electron chi connectivity index (χ0n) is 16.0. The molecule has 1 N–H and O–H groups in total. The summed E-state index contributed by atoms with van der Waals surface area (Å²) in [6.45, 7) is 2.85. The largest absolute Gasteiger partial charge is 0.374 e. The van der Waals surface area contributed by atoms with Gasteiger partial charge >= 0.3 is 0 Å². The van der Waals surface area contributed by atoms with Crippen molar-refractivity contribution in [3.63, 3.8) is 0 Å². The number of nitrogens with zero attached hydrogens (tertiary/aromatic N) is 3. The minimum atomic E-state index is -5.07. The average Bonchev–Trinajstić information content (AvgIpc) is 3.14. The lowest BCUT2D eigenvalue weighted by Gasteiger charge is -2.40. The number of hydrogen-bond donors (Lipinski definition) is 1. The van der Waals surface area contributed by atoms with Gasteiger partial charge < -0.3 is 4.74 Å². The molecule has 1 aromatic carbocycles. The molecule has 1 saturated heterocycles. The predicted octanol–water partition coefficient (Wildman–Crippen LogP) is 1.86. The molecule has 2 heterocycles. The zero-order valence-corrected chi connectivity index (χ0v) is 16.8. The van der Waals surface area contributed by atoms with E-state index in [1.54, 1.807) is 24.1 Å². The summed E-state index contributed by atoms with van der Waals surface area (Å²) in [5.41, 5.74) is 0.722.